The molecule has 2 heterocycles. The van der Waals surface area contributed by atoms with E-state index < -0.39 is 0 Å². The number of hydrogen-bond acceptors (Lipinski definition) is 4. The first kappa shape index (κ1) is 13.1. The van der Waals surface area contributed by atoms with E-state index >= 15 is 0 Å². The highest BCUT2D eigenvalue weighted by molar-refractivity contribution is 5.53. The molecule has 5 heteroatoms. The molecule has 0 atom stereocenters. The minimum atomic E-state index is 0.381. The van der Waals surface area contributed by atoms with Gasteiger partial charge < -0.3 is 9.88 Å². The SMILES string of the molecule is CCNc1cc(C(C)C)nc(-c2cncn2C2CC2)n1. The summed E-state index contributed by atoms with van der Waals surface area (Å²) in [5.74, 6) is 2.05. The zero-order valence-corrected chi connectivity index (χ0v) is 12.3. The molecule has 1 N–H and O–H groups in total. The molecule has 5 nitrogen and oxygen atoms in total. The fraction of sp³-hybridized carbons (Fsp3) is 0.533. The highest BCUT2D eigenvalue weighted by atomic mass is 15.1. The molecular weight excluding hydrogens is 250 g/mol. The summed E-state index contributed by atoms with van der Waals surface area (Å²) < 4.78 is 2.20. The van der Waals surface area contributed by atoms with Gasteiger partial charge in [-0.3, -0.25) is 0 Å². The predicted molar refractivity (Wildman–Crippen MR) is 79.8 cm³/mol. The van der Waals surface area contributed by atoms with Crippen molar-refractivity contribution in [1.29, 1.82) is 0 Å². The van der Waals surface area contributed by atoms with Crippen molar-refractivity contribution in [3.8, 4) is 11.5 Å². The van der Waals surface area contributed by atoms with Crippen molar-refractivity contribution < 1.29 is 0 Å². The smallest absolute Gasteiger partial charge is 0.180 e. The van der Waals surface area contributed by atoms with Gasteiger partial charge in [0.05, 0.1) is 12.5 Å². The van der Waals surface area contributed by atoms with Crippen LogP contribution in [0.15, 0.2) is 18.6 Å². The van der Waals surface area contributed by atoms with Gasteiger partial charge in [-0.2, -0.15) is 0 Å². The zero-order valence-electron chi connectivity index (χ0n) is 12.3. The minimum absolute atomic E-state index is 0.381. The number of imidazole rings is 1. The minimum Gasteiger partial charge on any atom is -0.370 e. The summed E-state index contributed by atoms with van der Waals surface area (Å²) in [7, 11) is 0. The molecule has 0 unspecified atom stereocenters. The molecular formula is C15H21N5. The van der Waals surface area contributed by atoms with Crippen molar-refractivity contribution in [1.82, 2.24) is 19.5 Å². The van der Waals surface area contributed by atoms with Gasteiger partial charge in [-0.05, 0) is 25.7 Å². The van der Waals surface area contributed by atoms with E-state index in [4.69, 9.17) is 4.98 Å². The van der Waals surface area contributed by atoms with Crippen LogP contribution in [0.1, 0.15) is 51.3 Å². The lowest BCUT2D eigenvalue weighted by molar-refractivity contribution is 0.739. The molecule has 0 radical (unpaired) electrons. The predicted octanol–water partition coefficient (Wildman–Crippen LogP) is 3.23. The molecule has 0 spiro atoms. The van der Waals surface area contributed by atoms with Gasteiger partial charge in [-0.15, -0.1) is 0 Å². The van der Waals surface area contributed by atoms with Gasteiger partial charge in [0, 0.05) is 24.3 Å². The molecule has 2 aromatic rings. The Morgan fingerprint density at radius 1 is 1.35 bits per heavy atom. The standard InChI is InChI=1S/C15H21N5/c1-4-17-14-7-12(10(2)3)18-15(19-14)13-8-16-9-20(13)11-5-6-11/h7-11H,4-6H2,1-3H3,(H,17,18,19). The summed E-state index contributed by atoms with van der Waals surface area (Å²) in [6.07, 6.45) is 6.22. The molecule has 2 aromatic heterocycles. The van der Waals surface area contributed by atoms with Crippen LogP contribution in [0.5, 0.6) is 0 Å². The second-order valence-corrected chi connectivity index (χ2v) is 5.60. The third-order valence-electron chi connectivity index (χ3n) is 3.53. The summed E-state index contributed by atoms with van der Waals surface area (Å²) in [4.78, 5) is 13.6. The Balaban J connectivity index is 2.04. The van der Waals surface area contributed by atoms with Gasteiger partial charge in [0.2, 0.25) is 0 Å². The summed E-state index contributed by atoms with van der Waals surface area (Å²) in [5, 5.41) is 3.29. The first-order chi connectivity index (χ1) is 9.69. The van der Waals surface area contributed by atoms with Crippen LogP contribution in [0.4, 0.5) is 5.82 Å². The summed E-state index contributed by atoms with van der Waals surface area (Å²) in [5.41, 5.74) is 2.09. The van der Waals surface area contributed by atoms with E-state index in [9.17, 15) is 0 Å². The highest BCUT2D eigenvalue weighted by Gasteiger charge is 2.26. The third-order valence-corrected chi connectivity index (χ3v) is 3.53. The lowest BCUT2D eigenvalue weighted by Gasteiger charge is -2.12. The van der Waals surface area contributed by atoms with Gasteiger partial charge in [0.1, 0.15) is 11.5 Å². The van der Waals surface area contributed by atoms with E-state index in [2.05, 4.69) is 40.6 Å². The number of nitrogens with one attached hydrogen (secondary N) is 1. The van der Waals surface area contributed by atoms with E-state index in [1.54, 1.807) is 0 Å². The Hall–Kier alpha value is -1.91. The fourth-order valence-electron chi connectivity index (χ4n) is 2.27. The van der Waals surface area contributed by atoms with Crippen LogP contribution < -0.4 is 5.32 Å². The maximum atomic E-state index is 4.72. The first-order valence-electron chi connectivity index (χ1n) is 7.34. The maximum Gasteiger partial charge on any atom is 0.180 e. The van der Waals surface area contributed by atoms with Crippen LogP contribution in [0.2, 0.25) is 0 Å². The van der Waals surface area contributed by atoms with Crippen molar-refractivity contribution in [2.75, 3.05) is 11.9 Å². The molecule has 1 fully saturated rings. The Morgan fingerprint density at radius 3 is 2.80 bits per heavy atom. The van der Waals surface area contributed by atoms with Crippen LogP contribution in [0.3, 0.4) is 0 Å². The van der Waals surface area contributed by atoms with Crippen molar-refractivity contribution in [2.45, 2.75) is 45.6 Å². The van der Waals surface area contributed by atoms with Crippen LogP contribution >= 0.6 is 0 Å². The number of nitrogens with zero attached hydrogens (tertiary/aromatic N) is 4. The van der Waals surface area contributed by atoms with Crippen molar-refractivity contribution in [3.63, 3.8) is 0 Å². The van der Waals surface area contributed by atoms with Gasteiger partial charge in [-0.1, -0.05) is 13.8 Å². The second-order valence-electron chi connectivity index (χ2n) is 5.60. The fourth-order valence-corrected chi connectivity index (χ4v) is 2.27. The van der Waals surface area contributed by atoms with Crippen LogP contribution in [-0.4, -0.2) is 26.1 Å². The quantitative estimate of drug-likeness (QED) is 0.907. The van der Waals surface area contributed by atoms with E-state index in [-0.39, 0.29) is 0 Å². The van der Waals surface area contributed by atoms with Gasteiger partial charge >= 0.3 is 0 Å². The zero-order chi connectivity index (χ0) is 14.1. The highest BCUT2D eigenvalue weighted by Crippen LogP contribution is 2.37. The van der Waals surface area contributed by atoms with E-state index in [1.807, 2.05) is 18.6 Å². The Bertz CT molecular complexity index is 598. The summed E-state index contributed by atoms with van der Waals surface area (Å²) >= 11 is 0. The molecule has 0 aromatic carbocycles. The van der Waals surface area contributed by atoms with Gasteiger partial charge in [0.15, 0.2) is 5.82 Å². The van der Waals surface area contributed by atoms with Crippen molar-refractivity contribution in [3.05, 3.63) is 24.3 Å². The Morgan fingerprint density at radius 2 is 2.15 bits per heavy atom. The molecule has 3 rings (SSSR count). The van der Waals surface area contributed by atoms with E-state index in [1.165, 1.54) is 12.8 Å². The average Bonchev–Trinajstić information content (AvgIpc) is 3.16. The molecule has 1 aliphatic rings. The largest absolute Gasteiger partial charge is 0.370 e. The molecule has 106 valence electrons. The number of aromatic nitrogens is 4. The topological polar surface area (TPSA) is 55.6 Å². The van der Waals surface area contributed by atoms with Gasteiger partial charge in [-0.25, -0.2) is 15.0 Å². The van der Waals surface area contributed by atoms with Crippen LogP contribution in [0.25, 0.3) is 11.5 Å². The molecule has 0 saturated heterocycles. The second kappa shape index (κ2) is 5.23. The van der Waals surface area contributed by atoms with Gasteiger partial charge in [0.25, 0.3) is 0 Å². The van der Waals surface area contributed by atoms with E-state index in [0.717, 1.165) is 29.6 Å². The normalized spacial score (nSPS) is 14.8. The van der Waals surface area contributed by atoms with Crippen LogP contribution in [-0.2, 0) is 0 Å². The molecule has 1 saturated carbocycles. The summed E-state index contributed by atoms with van der Waals surface area (Å²) in [6, 6.07) is 2.62. The number of rotatable bonds is 5. The third kappa shape index (κ3) is 2.53. The summed E-state index contributed by atoms with van der Waals surface area (Å²) in [6.45, 7) is 7.24. The van der Waals surface area contributed by atoms with Crippen molar-refractivity contribution in [2.24, 2.45) is 0 Å². The molecule has 0 bridgehead atoms. The molecule has 0 amide bonds. The lowest BCUT2D eigenvalue weighted by atomic mass is 10.1. The number of anilines is 1. The van der Waals surface area contributed by atoms with Crippen molar-refractivity contribution >= 4 is 5.82 Å². The lowest BCUT2D eigenvalue weighted by Crippen LogP contribution is -2.06. The first-order valence-corrected chi connectivity index (χ1v) is 7.34. The monoisotopic (exact) mass is 271 g/mol. The molecule has 0 aliphatic heterocycles. The number of hydrogen-bond donors (Lipinski definition) is 1. The average molecular weight is 271 g/mol. The van der Waals surface area contributed by atoms with E-state index in [0.29, 0.717) is 12.0 Å². The Labute approximate surface area is 119 Å². The molecule has 1 aliphatic carbocycles. The molecule has 20 heavy (non-hydrogen) atoms. The van der Waals surface area contributed by atoms with Crippen LogP contribution in [0, 0.1) is 0 Å². The maximum absolute atomic E-state index is 4.72. The Kier molecular flexibility index (Phi) is 3.42.